The summed E-state index contributed by atoms with van der Waals surface area (Å²) in [6.45, 7) is 7.11. The van der Waals surface area contributed by atoms with Crippen LogP contribution in [-0.4, -0.2) is 0 Å². The van der Waals surface area contributed by atoms with Gasteiger partial charge in [0.1, 0.15) is 0 Å². The van der Waals surface area contributed by atoms with Crippen LogP contribution in [0.15, 0.2) is 54.1 Å². The zero-order valence-corrected chi connectivity index (χ0v) is 16.6. The van der Waals surface area contributed by atoms with Gasteiger partial charge in [-0.3, -0.25) is 0 Å². The van der Waals surface area contributed by atoms with Gasteiger partial charge >= 0.3 is 0 Å². The first-order valence-electron chi connectivity index (χ1n) is 10.3. The Morgan fingerprint density at radius 3 is 2.46 bits per heavy atom. The van der Waals surface area contributed by atoms with Crippen LogP contribution >= 0.6 is 0 Å². The molecule has 0 spiro atoms. The molecule has 2 N–H and O–H groups in total. The van der Waals surface area contributed by atoms with Crippen molar-refractivity contribution in [2.24, 2.45) is 11.8 Å². The lowest BCUT2D eigenvalue weighted by atomic mass is 9.83. The average Bonchev–Trinajstić information content (AvgIpc) is 2.85. The summed E-state index contributed by atoms with van der Waals surface area (Å²) in [7, 11) is 0. The Balaban J connectivity index is 2.07. The van der Waals surface area contributed by atoms with Gasteiger partial charge in [-0.05, 0) is 71.9 Å². The van der Waals surface area contributed by atoms with Gasteiger partial charge in [0.25, 0.3) is 0 Å². The van der Waals surface area contributed by atoms with Crippen LogP contribution < -0.4 is 5.73 Å². The lowest BCUT2D eigenvalue weighted by Gasteiger charge is -2.22. The number of allylic oxidation sites excluding steroid dienone is 1. The van der Waals surface area contributed by atoms with E-state index in [1.165, 1.54) is 54.4 Å². The van der Waals surface area contributed by atoms with Crippen LogP contribution in [0.4, 0.5) is 5.69 Å². The molecule has 0 saturated carbocycles. The van der Waals surface area contributed by atoms with Gasteiger partial charge in [0.15, 0.2) is 0 Å². The molecule has 0 aliphatic heterocycles. The molecule has 2 aromatic rings. The molecular weight excluding hydrogens is 314 g/mol. The highest BCUT2D eigenvalue weighted by atomic mass is 14.5. The zero-order valence-electron chi connectivity index (χ0n) is 16.6. The number of nitrogens with two attached hydrogens (primary N) is 1. The quantitative estimate of drug-likeness (QED) is 0.567. The number of aryl methyl sites for hydroxylation is 1. The predicted octanol–water partition coefficient (Wildman–Crippen LogP) is 6.87. The summed E-state index contributed by atoms with van der Waals surface area (Å²) in [5.41, 5.74) is 14.2. The Hall–Kier alpha value is -2.02. The minimum absolute atomic E-state index is 0.628. The van der Waals surface area contributed by atoms with E-state index in [-0.39, 0.29) is 0 Å². The van der Waals surface area contributed by atoms with Gasteiger partial charge in [-0.25, -0.2) is 0 Å². The molecule has 26 heavy (non-hydrogen) atoms. The molecule has 138 valence electrons. The first-order chi connectivity index (χ1) is 12.6. The minimum atomic E-state index is 0.628. The fourth-order valence-electron chi connectivity index (χ4n) is 4.18. The first-order valence-corrected chi connectivity index (χ1v) is 10.3. The van der Waals surface area contributed by atoms with Crippen LogP contribution in [0.3, 0.4) is 0 Å². The van der Waals surface area contributed by atoms with E-state index >= 15 is 0 Å². The van der Waals surface area contributed by atoms with Crippen molar-refractivity contribution in [1.29, 1.82) is 0 Å². The molecule has 1 aliphatic carbocycles. The van der Waals surface area contributed by atoms with Crippen LogP contribution in [0.25, 0.3) is 5.57 Å². The largest absolute Gasteiger partial charge is 0.399 e. The number of rotatable bonds is 6. The lowest BCUT2D eigenvalue weighted by molar-refractivity contribution is 0.445. The van der Waals surface area contributed by atoms with Gasteiger partial charge < -0.3 is 5.73 Å². The van der Waals surface area contributed by atoms with E-state index in [2.05, 4.69) is 69.3 Å². The molecule has 0 bridgehead atoms. The van der Waals surface area contributed by atoms with Crippen molar-refractivity contribution >= 4 is 11.3 Å². The van der Waals surface area contributed by atoms with Crippen molar-refractivity contribution in [3.05, 3.63) is 70.8 Å². The van der Waals surface area contributed by atoms with Crippen LogP contribution in [0.1, 0.15) is 69.6 Å². The molecule has 0 heterocycles. The summed E-state index contributed by atoms with van der Waals surface area (Å²) in [5.74, 6) is 1.44. The van der Waals surface area contributed by atoms with E-state index in [0.717, 1.165) is 18.0 Å². The highest BCUT2D eigenvalue weighted by molar-refractivity contribution is 5.85. The minimum Gasteiger partial charge on any atom is -0.399 e. The third kappa shape index (κ3) is 4.20. The fraction of sp³-hybridized carbons (Fsp3) is 0.440. The summed E-state index contributed by atoms with van der Waals surface area (Å²) in [5, 5.41) is 0. The third-order valence-corrected chi connectivity index (χ3v) is 6.06. The lowest BCUT2D eigenvalue weighted by Crippen LogP contribution is -2.06. The zero-order chi connectivity index (χ0) is 18.5. The first kappa shape index (κ1) is 18.8. The maximum Gasteiger partial charge on any atom is 0.0317 e. The maximum atomic E-state index is 6.09. The molecule has 0 fully saturated rings. The number of hydrogen-bond donors (Lipinski definition) is 1. The van der Waals surface area contributed by atoms with Crippen LogP contribution in [0.5, 0.6) is 0 Å². The Labute approximate surface area is 159 Å². The molecule has 1 heteroatoms. The molecule has 0 saturated heterocycles. The molecule has 2 aromatic carbocycles. The van der Waals surface area contributed by atoms with E-state index in [4.69, 9.17) is 5.73 Å². The Kier molecular flexibility index (Phi) is 6.19. The third-order valence-electron chi connectivity index (χ3n) is 6.06. The monoisotopic (exact) mass is 347 g/mol. The highest BCUT2D eigenvalue weighted by Crippen LogP contribution is 2.40. The SMILES string of the molecule is CCC(C)CCC(C)C1=C(c2ccccc2)c2ccc(N)cc2CCC1. The molecule has 2 atom stereocenters. The number of fused-ring (bicyclic) bond motifs is 1. The second kappa shape index (κ2) is 8.58. The number of benzene rings is 2. The molecule has 2 unspecified atom stereocenters. The molecule has 1 aliphatic rings. The van der Waals surface area contributed by atoms with Gasteiger partial charge in [-0.1, -0.05) is 75.6 Å². The normalized spacial score (nSPS) is 16.7. The van der Waals surface area contributed by atoms with Crippen molar-refractivity contribution in [2.75, 3.05) is 5.73 Å². The highest BCUT2D eigenvalue weighted by Gasteiger charge is 2.22. The Morgan fingerprint density at radius 2 is 1.73 bits per heavy atom. The smallest absolute Gasteiger partial charge is 0.0317 e. The predicted molar refractivity (Wildman–Crippen MR) is 114 cm³/mol. The average molecular weight is 348 g/mol. The van der Waals surface area contributed by atoms with Crippen molar-refractivity contribution in [1.82, 2.24) is 0 Å². The Morgan fingerprint density at radius 1 is 0.962 bits per heavy atom. The summed E-state index contributed by atoms with van der Waals surface area (Å²) in [6.07, 6.45) is 7.41. The van der Waals surface area contributed by atoms with Gasteiger partial charge in [0, 0.05) is 5.69 Å². The van der Waals surface area contributed by atoms with Crippen molar-refractivity contribution < 1.29 is 0 Å². The van der Waals surface area contributed by atoms with E-state index in [9.17, 15) is 0 Å². The van der Waals surface area contributed by atoms with Crippen molar-refractivity contribution in [2.45, 2.75) is 59.3 Å². The van der Waals surface area contributed by atoms with Crippen molar-refractivity contribution in [3.8, 4) is 0 Å². The van der Waals surface area contributed by atoms with Crippen LogP contribution in [-0.2, 0) is 6.42 Å². The van der Waals surface area contributed by atoms with Gasteiger partial charge in [0.05, 0.1) is 0 Å². The van der Waals surface area contributed by atoms with Crippen LogP contribution in [0.2, 0.25) is 0 Å². The molecule has 3 rings (SSSR count). The second-order valence-electron chi connectivity index (χ2n) is 8.03. The number of anilines is 1. The maximum absolute atomic E-state index is 6.09. The number of hydrogen-bond acceptors (Lipinski definition) is 1. The Bertz CT molecular complexity index is 757. The molecule has 0 radical (unpaired) electrons. The topological polar surface area (TPSA) is 26.0 Å². The summed E-state index contributed by atoms with van der Waals surface area (Å²) < 4.78 is 0. The molecule has 0 amide bonds. The summed E-state index contributed by atoms with van der Waals surface area (Å²) in [4.78, 5) is 0. The number of nitrogen functional groups attached to an aromatic ring is 1. The summed E-state index contributed by atoms with van der Waals surface area (Å²) >= 11 is 0. The van der Waals surface area contributed by atoms with Gasteiger partial charge in [-0.2, -0.15) is 0 Å². The van der Waals surface area contributed by atoms with E-state index in [0.29, 0.717) is 5.92 Å². The molecule has 1 nitrogen and oxygen atoms in total. The van der Waals surface area contributed by atoms with Crippen LogP contribution in [0, 0.1) is 11.8 Å². The fourth-order valence-corrected chi connectivity index (χ4v) is 4.18. The molecular formula is C25H33N. The van der Waals surface area contributed by atoms with E-state index in [1.807, 2.05) is 0 Å². The van der Waals surface area contributed by atoms with Gasteiger partial charge in [-0.15, -0.1) is 0 Å². The second-order valence-corrected chi connectivity index (χ2v) is 8.03. The van der Waals surface area contributed by atoms with E-state index < -0.39 is 0 Å². The van der Waals surface area contributed by atoms with Crippen molar-refractivity contribution in [3.63, 3.8) is 0 Å². The summed E-state index contributed by atoms with van der Waals surface area (Å²) in [6, 6.07) is 17.5. The standard InChI is InChI=1S/C25H33N/c1-4-18(2)13-14-19(3)23-12-8-11-21-17-22(26)15-16-24(21)25(23)20-9-6-5-7-10-20/h5-7,9-10,15-19H,4,8,11-14,26H2,1-3H3. The van der Waals surface area contributed by atoms with Gasteiger partial charge in [0.2, 0.25) is 0 Å². The molecule has 0 aromatic heterocycles. The van der Waals surface area contributed by atoms with E-state index in [1.54, 1.807) is 5.57 Å².